The van der Waals surface area contributed by atoms with Crippen molar-refractivity contribution < 1.29 is 18.8 Å². The second kappa shape index (κ2) is 16.5. The number of carbonyl (C=O) groups is 1. The van der Waals surface area contributed by atoms with Gasteiger partial charge in [0.1, 0.15) is 11.5 Å². The van der Waals surface area contributed by atoms with Gasteiger partial charge in [-0.25, -0.2) is 0 Å². The fourth-order valence-corrected chi connectivity index (χ4v) is 3.81. The van der Waals surface area contributed by atoms with Crippen molar-refractivity contribution in [3.8, 4) is 0 Å². The van der Waals surface area contributed by atoms with Crippen LogP contribution in [0.3, 0.4) is 0 Å². The number of rotatable bonds is 15. The minimum absolute atomic E-state index is 0.0554. The molecule has 0 atom stereocenters. The molecule has 0 unspecified atom stereocenters. The third-order valence-corrected chi connectivity index (χ3v) is 5.69. The third kappa shape index (κ3) is 12.8. The molecule has 4 heteroatoms. The van der Waals surface area contributed by atoms with Gasteiger partial charge in [-0.05, 0) is 64.0 Å². The van der Waals surface area contributed by atoms with E-state index in [0.29, 0.717) is 6.42 Å². The van der Waals surface area contributed by atoms with Gasteiger partial charge in [-0.3, -0.25) is 0 Å². The van der Waals surface area contributed by atoms with E-state index in [1.807, 2.05) is 19.9 Å². The first-order valence-electron chi connectivity index (χ1n) is 11.9. The maximum atomic E-state index is 10.1. The number of aliphatic carboxylic acids is 1. The zero-order valence-corrected chi connectivity index (χ0v) is 20.1. The highest BCUT2D eigenvalue weighted by molar-refractivity contribution is 5.64. The normalized spacial score (nSPS) is 11.2. The average Bonchev–Trinajstić information content (AvgIpc) is 3.03. The van der Waals surface area contributed by atoms with E-state index in [0.717, 1.165) is 17.1 Å². The van der Waals surface area contributed by atoms with Crippen LogP contribution in [0, 0.1) is 13.8 Å². The van der Waals surface area contributed by atoms with Crippen molar-refractivity contribution >= 4 is 5.97 Å². The molecule has 0 saturated carbocycles. The number of nitrogens with zero attached hydrogens (tertiary/aromatic N) is 1. The van der Waals surface area contributed by atoms with Crippen molar-refractivity contribution in [2.45, 2.75) is 106 Å². The lowest BCUT2D eigenvalue weighted by molar-refractivity contribution is -0.929. The zero-order valence-electron chi connectivity index (χ0n) is 20.1. The fraction of sp³-hybridized carbons (Fsp3) is 0.800. The Morgan fingerprint density at radius 1 is 0.862 bits per heavy atom. The molecule has 0 radical (unpaired) electrons. The molecular formula is C25H47NO3. The Morgan fingerprint density at radius 2 is 1.28 bits per heavy atom. The topological polar surface area (TPSA) is 53.3 Å². The molecule has 0 fully saturated rings. The summed E-state index contributed by atoms with van der Waals surface area (Å²) >= 11 is 0. The molecule has 0 bridgehead atoms. The minimum atomic E-state index is -1.02. The molecule has 1 rings (SSSR count). The quantitative estimate of drug-likeness (QED) is 0.355. The first-order chi connectivity index (χ1) is 13.8. The van der Waals surface area contributed by atoms with Crippen molar-refractivity contribution in [3.63, 3.8) is 0 Å². The second-order valence-corrected chi connectivity index (χ2v) is 8.46. The summed E-state index contributed by atoms with van der Waals surface area (Å²) in [6.07, 6.45) is 11.6. The number of carboxylic acid groups (broad SMARTS) is 1. The maximum Gasteiger partial charge on any atom is 0.104 e. The lowest BCUT2D eigenvalue weighted by Crippen LogP contribution is -2.50. The Balaban J connectivity index is 0.000000571. The van der Waals surface area contributed by atoms with Crippen molar-refractivity contribution in [3.05, 3.63) is 23.2 Å². The van der Waals surface area contributed by atoms with E-state index < -0.39 is 5.97 Å². The molecule has 0 saturated heterocycles. The van der Waals surface area contributed by atoms with Gasteiger partial charge in [0.05, 0.1) is 26.2 Å². The van der Waals surface area contributed by atoms with E-state index in [-0.39, 0.29) is 6.42 Å². The van der Waals surface area contributed by atoms with E-state index in [1.54, 1.807) is 0 Å². The number of carbonyl (C=O) groups excluding carboxylic acids is 1. The summed E-state index contributed by atoms with van der Waals surface area (Å²) in [4.78, 5) is 10.1. The second-order valence-electron chi connectivity index (χ2n) is 8.46. The number of aryl methyl sites for hydroxylation is 3. The summed E-state index contributed by atoms with van der Waals surface area (Å²) in [6.45, 7) is 18.7. The highest BCUT2D eigenvalue weighted by atomic mass is 16.4. The Morgan fingerprint density at radius 3 is 1.55 bits per heavy atom. The van der Waals surface area contributed by atoms with E-state index in [9.17, 15) is 9.90 Å². The summed E-state index contributed by atoms with van der Waals surface area (Å²) < 4.78 is 6.65. The summed E-state index contributed by atoms with van der Waals surface area (Å²) in [6, 6.07) is 1.86. The largest absolute Gasteiger partial charge is 0.550 e. The highest BCUT2D eigenvalue weighted by Crippen LogP contribution is 2.17. The van der Waals surface area contributed by atoms with Gasteiger partial charge in [0.2, 0.25) is 0 Å². The molecule has 0 amide bonds. The molecule has 0 aliphatic carbocycles. The lowest BCUT2D eigenvalue weighted by Gasteiger charge is -2.39. The number of hydrogen-bond donors (Lipinski definition) is 0. The van der Waals surface area contributed by atoms with Crippen LogP contribution in [-0.2, 0) is 11.2 Å². The molecule has 0 spiro atoms. The van der Waals surface area contributed by atoms with Crippen molar-refractivity contribution in [2.75, 3.05) is 26.2 Å². The Hall–Kier alpha value is -1.29. The van der Waals surface area contributed by atoms with Crippen LogP contribution in [0.5, 0.6) is 0 Å². The van der Waals surface area contributed by atoms with Crippen LogP contribution in [0.25, 0.3) is 0 Å². The molecule has 0 aromatic carbocycles. The first kappa shape index (κ1) is 27.7. The molecule has 170 valence electrons. The SMILES string of the molecule is CCCC[N+](CCCC)(CCCC)CCCC.Cc1cc(CCC(=O)[O-])c(C)o1. The van der Waals surface area contributed by atoms with Gasteiger partial charge in [-0.1, -0.05) is 53.4 Å². The summed E-state index contributed by atoms with van der Waals surface area (Å²) in [5.41, 5.74) is 0.955. The van der Waals surface area contributed by atoms with Gasteiger partial charge in [-0.15, -0.1) is 0 Å². The monoisotopic (exact) mass is 409 g/mol. The van der Waals surface area contributed by atoms with Crippen LogP contribution in [0.4, 0.5) is 0 Å². The predicted molar refractivity (Wildman–Crippen MR) is 121 cm³/mol. The Kier molecular flexibility index (Phi) is 15.8. The van der Waals surface area contributed by atoms with E-state index in [4.69, 9.17) is 4.42 Å². The van der Waals surface area contributed by atoms with Crippen molar-refractivity contribution in [2.24, 2.45) is 0 Å². The molecular weight excluding hydrogens is 362 g/mol. The number of quaternary nitrogens is 1. The van der Waals surface area contributed by atoms with E-state index >= 15 is 0 Å². The fourth-order valence-electron chi connectivity index (χ4n) is 3.81. The van der Waals surface area contributed by atoms with E-state index in [1.165, 1.54) is 82.0 Å². The van der Waals surface area contributed by atoms with Crippen LogP contribution < -0.4 is 5.11 Å². The van der Waals surface area contributed by atoms with Gasteiger partial charge in [0.25, 0.3) is 0 Å². The van der Waals surface area contributed by atoms with Gasteiger partial charge >= 0.3 is 0 Å². The standard InChI is InChI=1S/C16H36N.C9H12O3/c1-5-9-13-17(14-10-6-2,15-11-7-3)16-12-8-4;1-6-5-8(7(2)12-6)3-4-9(10)11/h5-16H2,1-4H3;5H,3-4H2,1-2H3,(H,10,11)/q+1;/p-1. The molecule has 1 aromatic heterocycles. The van der Waals surface area contributed by atoms with Crippen LogP contribution >= 0.6 is 0 Å². The smallest absolute Gasteiger partial charge is 0.104 e. The molecule has 0 aliphatic heterocycles. The van der Waals surface area contributed by atoms with E-state index in [2.05, 4.69) is 27.7 Å². The molecule has 0 aliphatic rings. The number of hydrogen-bond acceptors (Lipinski definition) is 3. The number of carboxylic acids is 1. The van der Waals surface area contributed by atoms with Gasteiger partial charge < -0.3 is 18.8 Å². The average molecular weight is 410 g/mol. The molecule has 1 heterocycles. The van der Waals surface area contributed by atoms with Crippen LogP contribution in [0.2, 0.25) is 0 Å². The zero-order chi connectivity index (χ0) is 22.1. The lowest BCUT2D eigenvalue weighted by atomic mass is 10.1. The minimum Gasteiger partial charge on any atom is -0.550 e. The third-order valence-electron chi connectivity index (χ3n) is 5.69. The summed E-state index contributed by atoms with van der Waals surface area (Å²) in [5.74, 6) is 0.600. The molecule has 1 aromatic rings. The number of unbranched alkanes of at least 4 members (excludes halogenated alkanes) is 4. The first-order valence-corrected chi connectivity index (χ1v) is 11.9. The van der Waals surface area contributed by atoms with Crippen molar-refractivity contribution in [1.82, 2.24) is 0 Å². The highest BCUT2D eigenvalue weighted by Gasteiger charge is 2.24. The number of furan rings is 1. The van der Waals surface area contributed by atoms with Gasteiger partial charge in [-0.2, -0.15) is 0 Å². The van der Waals surface area contributed by atoms with Crippen molar-refractivity contribution in [1.29, 1.82) is 0 Å². The van der Waals surface area contributed by atoms with Crippen LogP contribution in [0.1, 0.15) is 103 Å². The van der Waals surface area contributed by atoms with Crippen LogP contribution in [-0.4, -0.2) is 36.6 Å². The molecule has 0 N–H and O–H groups in total. The summed E-state index contributed by atoms with van der Waals surface area (Å²) in [5, 5.41) is 10.1. The molecule has 4 nitrogen and oxygen atoms in total. The predicted octanol–water partition coefficient (Wildman–Crippen LogP) is 5.58. The molecule has 29 heavy (non-hydrogen) atoms. The summed E-state index contributed by atoms with van der Waals surface area (Å²) in [7, 11) is 0. The maximum absolute atomic E-state index is 10.1. The Bertz CT molecular complexity index is 499. The van der Waals surface area contributed by atoms with Crippen LogP contribution in [0.15, 0.2) is 10.5 Å². The van der Waals surface area contributed by atoms with Gasteiger partial charge in [0.15, 0.2) is 0 Å². The Labute approximate surface area is 180 Å². The van der Waals surface area contributed by atoms with Gasteiger partial charge in [0, 0.05) is 5.97 Å².